The number of piperidine rings is 1. The summed E-state index contributed by atoms with van der Waals surface area (Å²) in [6.45, 7) is 1.03. The number of ether oxygens (including phenoxy) is 1. The Kier molecular flexibility index (Phi) is 5.36. The van der Waals surface area contributed by atoms with Crippen LogP contribution in [0.25, 0.3) is 0 Å². The van der Waals surface area contributed by atoms with E-state index in [1.165, 1.54) is 13.4 Å². The minimum atomic E-state index is -0.420. The van der Waals surface area contributed by atoms with Crippen LogP contribution >= 0.6 is 0 Å². The molecule has 1 fully saturated rings. The quantitative estimate of drug-likeness (QED) is 0.851. The monoisotopic (exact) mass is 356 g/mol. The standard InChI is InChI=1S/C19H20N2O5/c1-25-19(24)14-4-6-15(7-5-14)20-17(22)13-8-10-21(11-9-13)18(23)16-3-2-12-26-16/h2-7,12-13H,8-11H2,1H3,(H,20,22). The van der Waals surface area contributed by atoms with Crippen LogP contribution in [0.2, 0.25) is 0 Å². The number of methoxy groups -OCH3 is 1. The summed E-state index contributed by atoms with van der Waals surface area (Å²) >= 11 is 0. The Bertz CT molecular complexity index is 775. The average molecular weight is 356 g/mol. The molecule has 1 aromatic carbocycles. The van der Waals surface area contributed by atoms with Crippen molar-refractivity contribution in [2.45, 2.75) is 12.8 Å². The first-order valence-corrected chi connectivity index (χ1v) is 8.40. The summed E-state index contributed by atoms with van der Waals surface area (Å²) in [5.74, 6) is -0.487. The molecule has 0 unspecified atom stereocenters. The van der Waals surface area contributed by atoms with Gasteiger partial charge < -0.3 is 19.4 Å². The zero-order valence-electron chi connectivity index (χ0n) is 14.4. The van der Waals surface area contributed by atoms with Crippen LogP contribution in [0.3, 0.4) is 0 Å². The Morgan fingerprint density at radius 2 is 1.81 bits per heavy atom. The lowest BCUT2D eigenvalue weighted by Crippen LogP contribution is -2.41. The van der Waals surface area contributed by atoms with Crippen LogP contribution in [-0.4, -0.2) is 42.9 Å². The second kappa shape index (κ2) is 7.86. The number of amides is 2. The van der Waals surface area contributed by atoms with Crippen LogP contribution in [0.1, 0.15) is 33.8 Å². The van der Waals surface area contributed by atoms with Gasteiger partial charge in [-0.3, -0.25) is 9.59 Å². The molecule has 3 rings (SSSR count). The van der Waals surface area contributed by atoms with Gasteiger partial charge in [-0.25, -0.2) is 4.79 Å². The van der Waals surface area contributed by atoms with Gasteiger partial charge in [-0.15, -0.1) is 0 Å². The maximum Gasteiger partial charge on any atom is 0.337 e. The highest BCUT2D eigenvalue weighted by Crippen LogP contribution is 2.21. The molecule has 7 heteroatoms. The lowest BCUT2D eigenvalue weighted by atomic mass is 9.95. The number of esters is 1. The number of likely N-dealkylation sites (tertiary alicyclic amines) is 1. The molecule has 7 nitrogen and oxygen atoms in total. The number of hydrogen-bond donors (Lipinski definition) is 1. The zero-order chi connectivity index (χ0) is 18.5. The van der Waals surface area contributed by atoms with Crippen molar-refractivity contribution in [2.75, 3.05) is 25.5 Å². The fraction of sp³-hybridized carbons (Fsp3) is 0.316. The molecule has 2 aromatic rings. The number of hydrogen-bond acceptors (Lipinski definition) is 5. The van der Waals surface area contributed by atoms with Crippen LogP contribution in [0.15, 0.2) is 47.1 Å². The van der Waals surface area contributed by atoms with E-state index < -0.39 is 5.97 Å². The van der Waals surface area contributed by atoms with E-state index in [0.29, 0.717) is 42.9 Å². The predicted octanol–water partition coefficient (Wildman–Crippen LogP) is 2.56. The molecule has 1 aliphatic heterocycles. The minimum absolute atomic E-state index is 0.0825. The van der Waals surface area contributed by atoms with Gasteiger partial charge in [-0.05, 0) is 49.2 Å². The first kappa shape index (κ1) is 17.7. The molecular weight excluding hydrogens is 336 g/mol. The molecule has 26 heavy (non-hydrogen) atoms. The summed E-state index contributed by atoms with van der Waals surface area (Å²) in [6.07, 6.45) is 2.66. The maximum atomic E-state index is 12.4. The number of anilines is 1. The summed E-state index contributed by atoms with van der Waals surface area (Å²) in [5.41, 5.74) is 1.05. The van der Waals surface area contributed by atoms with Gasteiger partial charge in [0.1, 0.15) is 0 Å². The fourth-order valence-corrected chi connectivity index (χ4v) is 2.95. The third-order valence-corrected chi connectivity index (χ3v) is 4.46. The van der Waals surface area contributed by atoms with Crippen LogP contribution in [0, 0.1) is 5.92 Å². The van der Waals surface area contributed by atoms with Crippen molar-refractivity contribution >= 4 is 23.5 Å². The van der Waals surface area contributed by atoms with Gasteiger partial charge in [0, 0.05) is 24.7 Å². The normalized spacial score (nSPS) is 14.7. The summed E-state index contributed by atoms with van der Waals surface area (Å²) in [7, 11) is 1.32. The van der Waals surface area contributed by atoms with Crippen LogP contribution < -0.4 is 5.32 Å². The van der Waals surface area contributed by atoms with Crippen molar-refractivity contribution in [3.63, 3.8) is 0 Å². The number of carbonyl (C=O) groups is 3. The second-order valence-corrected chi connectivity index (χ2v) is 6.10. The Labute approximate surface area is 150 Å². The Balaban J connectivity index is 1.52. The highest BCUT2D eigenvalue weighted by molar-refractivity contribution is 5.95. The summed E-state index contributed by atoms with van der Waals surface area (Å²) in [5, 5.41) is 2.85. The van der Waals surface area contributed by atoms with Crippen LogP contribution in [0.5, 0.6) is 0 Å². The molecule has 2 amide bonds. The van der Waals surface area contributed by atoms with E-state index in [2.05, 4.69) is 10.1 Å². The molecule has 0 bridgehead atoms. The van der Waals surface area contributed by atoms with Gasteiger partial charge in [-0.2, -0.15) is 0 Å². The zero-order valence-corrected chi connectivity index (χ0v) is 14.4. The summed E-state index contributed by atoms with van der Waals surface area (Å²) in [6, 6.07) is 9.86. The third kappa shape index (κ3) is 3.93. The van der Waals surface area contributed by atoms with Crippen LogP contribution in [-0.2, 0) is 9.53 Å². The number of carbonyl (C=O) groups excluding carboxylic acids is 3. The van der Waals surface area contributed by atoms with Gasteiger partial charge in [0.05, 0.1) is 18.9 Å². The van der Waals surface area contributed by atoms with Crippen molar-refractivity contribution in [2.24, 2.45) is 5.92 Å². The molecule has 2 heterocycles. The van der Waals surface area contributed by atoms with Crippen molar-refractivity contribution in [3.05, 3.63) is 54.0 Å². The topological polar surface area (TPSA) is 88.9 Å². The van der Waals surface area contributed by atoms with E-state index in [9.17, 15) is 14.4 Å². The van der Waals surface area contributed by atoms with Gasteiger partial charge >= 0.3 is 5.97 Å². The van der Waals surface area contributed by atoms with Gasteiger partial charge in [0.25, 0.3) is 5.91 Å². The second-order valence-electron chi connectivity index (χ2n) is 6.10. The molecule has 1 saturated heterocycles. The predicted molar refractivity (Wildman–Crippen MR) is 93.7 cm³/mol. The highest BCUT2D eigenvalue weighted by Gasteiger charge is 2.28. The molecule has 1 aliphatic rings. The Morgan fingerprint density at radius 1 is 1.12 bits per heavy atom. The third-order valence-electron chi connectivity index (χ3n) is 4.46. The number of rotatable bonds is 4. The number of furan rings is 1. The number of nitrogens with zero attached hydrogens (tertiary/aromatic N) is 1. The Morgan fingerprint density at radius 3 is 2.38 bits per heavy atom. The van der Waals surface area contributed by atoms with Crippen molar-refractivity contribution < 1.29 is 23.5 Å². The van der Waals surface area contributed by atoms with Gasteiger partial charge in [-0.1, -0.05) is 0 Å². The lowest BCUT2D eigenvalue weighted by molar-refractivity contribution is -0.121. The summed E-state index contributed by atoms with van der Waals surface area (Å²) < 4.78 is 9.78. The molecule has 0 saturated carbocycles. The molecule has 0 aliphatic carbocycles. The van der Waals surface area contributed by atoms with E-state index >= 15 is 0 Å². The van der Waals surface area contributed by atoms with Crippen molar-refractivity contribution in [1.29, 1.82) is 0 Å². The SMILES string of the molecule is COC(=O)c1ccc(NC(=O)C2CCN(C(=O)c3ccco3)CC2)cc1. The molecule has 0 atom stereocenters. The van der Waals surface area contributed by atoms with E-state index in [1.54, 1.807) is 41.3 Å². The first-order valence-electron chi connectivity index (χ1n) is 8.40. The van der Waals surface area contributed by atoms with Gasteiger partial charge in [0.15, 0.2) is 5.76 Å². The highest BCUT2D eigenvalue weighted by atomic mass is 16.5. The van der Waals surface area contributed by atoms with Crippen molar-refractivity contribution in [3.8, 4) is 0 Å². The maximum absolute atomic E-state index is 12.4. The summed E-state index contributed by atoms with van der Waals surface area (Å²) in [4.78, 5) is 37.8. The number of benzene rings is 1. The first-order chi connectivity index (χ1) is 12.6. The van der Waals surface area contributed by atoms with Crippen molar-refractivity contribution in [1.82, 2.24) is 4.90 Å². The molecule has 0 radical (unpaired) electrons. The minimum Gasteiger partial charge on any atom is -0.465 e. The molecule has 0 spiro atoms. The molecule has 1 N–H and O–H groups in total. The molecule has 1 aromatic heterocycles. The average Bonchev–Trinajstić information content (AvgIpc) is 3.22. The van der Waals surface area contributed by atoms with E-state index in [4.69, 9.17) is 4.42 Å². The van der Waals surface area contributed by atoms with E-state index in [1.807, 2.05) is 0 Å². The van der Waals surface area contributed by atoms with Crippen LogP contribution in [0.4, 0.5) is 5.69 Å². The lowest BCUT2D eigenvalue weighted by Gasteiger charge is -2.30. The fourth-order valence-electron chi connectivity index (χ4n) is 2.95. The van der Waals surface area contributed by atoms with E-state index in [-0.39, 0.29) is 17.7 Å². The number of nitrogens with one attached hydrogen (secondary N) is 1. The van der Waals surface area contributed by atoms with E-state index in [0.717, 1.165) is 0 Å². The van der Waals surface area contributed by atoms with Gasteiger partial charge in [0.2, 0.25) is 5.91 Å². The molecular formula is C19H20N2O5. The smallest absolute Gasteiger partial charge is 0.337 e. The largest absolute Gasteiger partial charge is 0.465 e. The Hall–Kier alpha value is -3.09. The molecule has 136 valence electrons.